The number of aromatic nitrogens is 2. The molecule has 5 nitrogen and oxygen atoms in total. The van der Waals surface area contributed by atoms with E-state index in [1.807, 2.05) is 13.8 Å². The fourth-order valence-electron chi connectivity index (χ4n) is 1.01. The van der Waals surface area contributed by atoms with Crippen LogP contribution < -0.4 is 16.0 Å². The summed E-state index contributed by atoms with van der Waals surface area (Å²) in [7, 11) is 0. The molecule has 0 aliphatic carbocycles. The Morgan fingerprint density at radius 1 is 1.60 bits per heavy atom. The highest BCUT2D eigenvalue weighted by Crippen LogP contribution is 2.11. The molecule has 0 radical (unpaired) electrons. The maximum absolute atomic E-state index is 5.43. The van der Waals surface area contributed by atoms with Gasteiger partial charge in [0.1, 0.15) is 0 Å². The van der Waals surface area contributed by atoms with Gasteiger partial charge in [-0.1, -0.05) is 5.57 Å². The van der Waals surface area contributed by atoms with E-state index in [-0.39, 0.29) is 0 Å². The second-order valence-electron chi connectivity index (χ2n) is 3.37. The molecule has 0 unspecified atom stereocenters. The van der Waals surface area contributed by atoms with Crippen LogP contribution in [-0.4, -0.2) is 16.6 Å². The average Bonchev–Trinajstić information content (AvgIpc) is 2.16. The second kappa shape index (κ2) is 5.31. The topological polar surface area (TPSA) is 73.1 Å². The minimum Gasteiger partial charge on any atom is -0.477 e. The van der Waals surface area contributed by atoms with Gasteiger partial charge in [0.2, 0.25) is 11.8 Å². The Kier molecular flexibility index (Phi) is 4.05. The predicted octanol–water partition coefficient (Wildman–Crippen LogP) is 1.42. The Labute approximate surface area is 89.3 Å². The zero-order valence-corrected chi connectivity index (χ0v) is 9.08. The lowest BCUT2D eigenvalue weighted by Gasteiger charge is -2.07. The fraction of sp³-hybridized carbons (Fsp3) is 0.400. The van der Waals surface area contributed by atoms with Crippen LogP contribution in [0.1, 0.15) is 19.0 Å². The van der Waals surface area contributed by atoms with Gasteiger partial charge in [-0.15, -0.1) is 6.58 Å². The van der Waals surface area contributed by atoms with E-state index in [0.717, 1.165) is 17.7 Å². The van der Waals surface area contributed by atoms with E-state index in [0.29, 0.717) is 18.4 Å². The van der Waals surface area contributed by atoms with Crippen LogP contribution in [0.4, 0.5) is 5.95 Å². The number of ether oxygens (including phenoxy) is 1. The van der Waals surface area contributed by atoms with Crippen molar-refractivity contribution < 1.29 is 4.74 Å². The van der Waals surface area contributed by atoms with Gasteiger partial charge in [-0.2, -0.15) is 4.98 Å². The Bertz CT molecular complexity index is 351. The lowest BCUT2D eigenvalue weighted by Crippen LogP contribution is -2.12. The molecular formula is C10H16N4O. The van der Waals surface area contributed by atoms with Crippen LogP contribution in [0.5, 0.6) is 5.88 Å². The highest BCUT2D eigenvalue weighted by atomic mass is 16.5. The number of nitrogen functional groups attached to an aromatic ring is 1. The number of rotatable bonds is 5. The third kappa shape index (κ3) is 3.95. The van der Waals surface area contributed by atoms with Crippen molar-refractivity contribution in [2.24, 2.45) is 5.84 Å². The van der Waals surface area contributed by atoms with E-state index in [9.17, 15) is 0 Å². The van der Waals surface area contributed by atoms with E-state index < -0.39 is 0 Å². The average molecular weight is 208 g/mol. The summed E-state index contributed by atoms with van der Waals surface area (Å²) in [5.41, 5.74) is 4.28. The zero-order chi connectivity index (χ0) is 11.3. The van der Waals surface area contributed by atoms with Gasteiger partial charge >= 0.3 is 0 Å². The number of hydrazine groups is 1. The van der Waals surface area contributed by atoms with Gasteiger partial charge in [0.25, 0.3) is 0 Å². The largest absolute Gasteiger partial charge is 0.477 e. The Balaban J connectivity index is 2.60. The maximum Gasteiger partial charge on any atom is 0.240 e. The molecule has 5 heteroatoms. The van der Waals surface area contributed by atoms with Crippen LogP contribution in [-0.2, 0) is 0 Å². The summed E-state index contributed by atoms with van der Waals surface area (Å²) < 4.78 is 5.43. The molecule has 0 atom stereocenters. The SMILES string of the molecule is C=C(C)CCOc1cc(C)nc(NN)n1. The molecule has 1 aromatic heterocycles. The molecule has 1 heterocycles. The Morgan fingerprint density at radius 3 is 2.93 bits per heavy atom. The van der Waals surface area contributed by atoms with Crippen molar-refractivity contribution in [3.05, 3.63) is 23.9 Å². The number of nitrogens with two attached hydrogens (primary N) is 1. The second-order valence-corrected chi connectivity index (χ2v) is 3.37. The molecule has 0 spiro atoms. The third-order valence-electron chi connectivity index (χ3n) is 1.74. The van der Waals surface area contributed by atoms with Crippen LogP contribution in [0.2, 0.25) is 0 Å². The molecule has 3 N–H and O–H groups in total. The Hall–Kier alpha value is -1.62. The first-order valence-corrected chi connectivity index (χ1v) is 4.71. The molecule has 1 aromatic rings. The van der Waals surface area contributed by atoms with Gasteiger partial charge in [0, 0.05) is 18.2 Å². The van der Waals surface area contributed by atoms with Gasteiger partial charge in [0.15, 0.2) is 0 Å². The van der Waals surface area contributed by atoms with Crippen LogP contribution in [0, 0.1) is 6.92 Å². The van der Waals surface area contributed by atoms with Crippen LogP contribution in [0.25, 0.3) is 0 Å². The molecule has 0 aliphatic rings. The molecular weight excluding hydrogens is 192 g/mol. The number of nitrogens with one attached hydrogen (secondary N) is 1. The minimum atomic E-state index is 0.361. The molecule has 15 heavy (non-hydrogen) atoms. The van der Waals surface area contributed by atoms with E-state index >= 15 is 0 Å². The van der Waals surface area contributed by atoms with Crippen molar-refractivity contribution in [2.75, 3.05) is 12.0 Å². The molecule has 0 saturated heterocycles. The lowest BCUT2D eigenvalue weighted by atomic mass is 10.3. The number of nitrogens with zero attached hydrogens (tertiary/aromatic N) is 2. The fourth-order valence-corrected chi connectivity index (χ4v) is 1.01. The quantitative estimate of drug-likeness (QED) is 0.435. The van der Waals surface area contributed by atoms with Crippen molar-refractivity contribution in [1.29, 1.82) is 0 Å². The first-order chi connectivity index (χ1) is 7.11. The molecule has 0 bridgehead atoms. The van der Waals surface area contributed by atoms with Gasteiger partial charge in [-0.3, -0.25) is 5.43 Å². The first kappa shape index (κ1) is 11.5. The van der Waals surface area contributed by atoms with Gasteiger partial charge in [0.05, 0.1) is 6.61 Å². The molecule has 82 valence electrons. The lowest BCUT2D eigenvalue weighted by molar-refractivity contribution is 0.309. The number of hydrogen-bond acceptors (Lipinski definition) is 5. The van der Waals surface area contributed by atoms with Gasteiger partial charge < -0.3 is 4.74 Å². The normalized spacial score (nSPS) is 9.80. The summed E-state index contributed by atoms with van der Waals surface area (Å²) in [6.07, 6.45) is 0.814. The highest BCUT2D eigenvalue weighted by Gasteiger charge is 2.01. The van der Waals surface area contributed by atoms with Crippen molar-refractivity contribution in [3.63, 3.8) is 0 Å². The molecule has 0 aromatic carbocycles. The highest BCUT2D eigenvalue weighted by molar-refractivity contribution is 5.28. The van der Waals surface area contributed by atoms with Crippen LogP contribution in [0.3, 0.4) is 0 Å². The van der Waals surface area contributed by atoms with Crippen LogP contribution >= 0.6 is 0 Å². The summed E-state index contributed by atoms with van der Waals surface area (Å²) in [5.74, 6) is 6.11. The maximum atomic E-state index is 5.43. The predicted molar refractivity (Wildman–Crippen MR) is 59.5 cm³/mol. The van der Waals surface area contributed by atoms with Crippen LogP contribution in [0.15, 0.2) is 18.2 Å². The summed E-state index contributed by atoms with van der Waals surface area (Å²) in [4.78, 5) is 8.10. The molecule has 0 fully saturated rings. The van der Waals surface area contributed by atoms with Gasteiger partial charge in [-0.05, 0) is 13.8 Å². The van der Waals surface area contributed by atoms with Crippen molar-refractivity contribution in [2.45, 2.75) is 20.3 Å². The monoisotopic (exact) mass is 208 g/mol. The molecule has 0 saturated carbocycles. The number of hydrogen-bond donors (Lipinski definition) is 2. The van der Waals surface area contributed by atoms with E-state index in [2.05, 4.69) is 22.0 Å². The van der Waals surface area contributed by atoms with Crippen molar-refractivity contribution in [3.8, 4) is 5.88 Å². The summed E-state index contributed by atoms with van der Waals surface area (Å²) in [6, 6.07) is 1.76. The van der Waals surface area contributed by atoms with Crippen molar-refractivity contribution >= 4 is 5.95 Å². The minimum absolute atomic E-state index is 0.361. The van der Waals surface area contributed by atoms with Gasteiger partial charge in [-0.25, -0.2) is 10.8 Å². The van der Waals surface area contributed by atoms with E-state index in [1.165, 1.54) is 0 Å². The third-order valence-corrected chi connectivity index (χ3v) is 1.74. The van der Waals surface area contributed by atoms with Crippen molar-refractivity contribution in [1.82, 2.24) is 9.97 Å². The summed E-state index contributed by atoms with van der Waals surface area (Å²) >= 11 is 0. The van der Waals surface area contributed by atoms with E-state index in [4.69, 9.17) is 10.6 Å². The summed E-state index contributed by atoms with van der Waals surface area (Å²) in [5, 5.41) is 0. The number of aryl methyl sites for hydroxylation is 1. The standard InChI is InChI=1S/C10H16N4O/c1-7(2)4-5-15-9-6-8(3)12-10(13-9)14-11/h6H,1,4-5,11H2,2-3H3,(H,12,13,14). The molecule has 0 aliphatic heterocycles. The zero-order valence-electron chi connectivity index (χ0n) is 9.08. The summed E-state index contributed by atoms with van der Waals surface area (Å²) in [6.45, 7) is 8.17. The molecule has 0 amide bonds. The number of anilines is 1. The smallest absolute Gasteiger partial charge is 0.240 e. The van der Waals surface area contributed by atoms with E-state index in [1.54, 1.807) is 6.07 Å². The first-order valence-electron chi connectivity index (χ1n) is 4.71. The molecule has 1 rings (SSSR count). The Morgan fingerprint density at radius 2 is 2.33 bits per heavy atom.